The molecule has 3 nitrogen and oxygen atoms in total. The maximum Gasteiger partial charge on any atom is 0.120 e. The molecule has 5 heteroatoms. The molecule has 1 aliphatic carbocycles. The molecule has 1 radical (unpaired) electrons. The van der Waals surface area contributed by atoms with Crippen LogP contribution in [0.2, 0.25) is 19.6 Å². The van der Waals surface area contributed by atoms with Crippen molar-refractivity contribution < 1.29 is 24.5 Å². The van der Waals surface area contributed by atoms with Crippen LogP contribution < -0.4 is 5.19 Å². The van der Waals surface area contributed by atoms with Gasteiger partial charge in [-0.05, 0) is 47.8 Å². The standard InChI is InChI=1S/C25H26NOSi.C11H8N.Ir/c1-28(2,3)23-13-7-12-22-24(23)20-11-6-10-19(25(20)27-22)21-15-14-18(16-26-21)17-8-4-5-9-17;1-2-6-10(7-3-1)11-8-4-5-9-12-11;/h6-7,11-17H,4-5,8-9H2,1-3H3;1-6,8-9H;/q2*-1;. The molecular formula is C36H34IrN2OSi-2. The van der Waals surface area contributed by atoms with Crippen LogP contribution in [0.4, 0.5) is 0 Å². The molecular weight excluding hydrogens is 697 g/mol. The molecule has 209 valence electrons. The average molecular weight is 731 g/mol. The van der Waals surface area contributed by atoms with Gasteiger partial charge in [-0.15, -0.1) is 54.1 Å². The molecule has 0 amide bonds. The monoisotopic (exact) mass is 731 g/mol. The predicted octanol–water partition coefficient (Wildman–Crippen LogP) is 9.20. The number of benzene rings is 3. The van der Waals surface area contributed by atoms with Crippen LogP contribution in [0.25, 0.3) is 44.5 Å². The van der Waals surface area contributed by atoms with Gasteiger partial charge in [-0.2, -0.15) is 0 Å². The van der Waals surface area contributed by atoms with Crippen LogP contribution in [-0.2, 0) is 20.1 Å². The van der Waals surface area contributed by atoms with Gasteiger partial charge in [0.1, 0.15) is 5.58 Å². The zero-order valence-electron chi connectivity index (χ0n) is 23.8. The molecule has 1 fully saturated rings. The number of hydrogen-bond acceptors (Lipinski definition) is 3. The van der Waals surface area contributed by atoms with Crippen LogP contribution >= 0.6 is 0 Å². The van der Waals surface area contributed by atoms with Crippen molar-refractivity contribution in [3.63, 3.8) is 0 Å². The van der Waals surface area contributed by atoms with Crippen molar-refractivity contribution in [3.05, 3.63) is 115 Å². The second kappa shape index (κ2) is 12.6. The Morgan fingerprint density at radius 1 is 0.780 bits per heavy atom. The molecule has 41 heavy (non-hydrogen) atoms. The molecule has 3 aromatic carbocycles. The fraction of sp³-hybridized carbons (Fsp3) is 0.222. The third kappa shape index (κ3) is 6.28. The van der Waals surface area contributed by atoms with Crippen molar-refractivity contribution >= 4 is 35.2 Å². The molecule has 0 bridgehead atoms. The van der Waals surface area contributed by atoms with Gasteiger partial charge in [0.05, 0.1) is 13.7 Å². The Morgan fingerprint density at radius 3 is 2.29 bits per heavy atom. The summed E-state index contributed by atoms with van der Waals surface area (Å²) < 4.78 is 6.35. The summed E-state index contributed by atoms with van der Waals surface area (Å²) in [5.74, 6) is 0.687. The zero-order valence-corrected chi connectivity index (χ0v) is 27.2. The van der Waals surface area contributed by atoms with E-state index >= 15 is 0 Å². The maximum atomic E-state index is 6.35. The van der Waals surface area contributed by atoms with Crippen LogP contribution in [0.3, 0.4) is 0 Å². The number of nitrogens with zero attached hydrogens (tertiary/aromatic N) is 2. The molecule has 3 aromatic heterocycles. The van der Waals surface area contributed by atoms with Crippen molar-refractivity contribution in [1.29, 1.82) is 0 Å². The van der Waals surface area contributed by atoms with Gasteiger partial charge in [-0.3, -0.25) is 0 Å². The van der Waals surface area contributed by atoms with E-state index in [0.717, 1.165) is 33.7 Å². The van der Waals surface area contributed by atoms with Gasteiger partial charge in [0.15, 0.2) is 0 Å². The van der Waals surface area contributed by atoms with Crippen LogP contribution in [0.5, 0.6) is 0 Å². The van der Waals surface area contributed by atoms with E-state index in [1.165, 1.54) is 47.2 Å². The van der Waals surface area contributed by atoms with E-state index in [4.69, 9.17) is 9.40 Å². The summed E-state index contributed by atoms with van der Waals surface area (Å²) in [5.41, 5.74) is 7.17. The van der Waals surface area contributed by atoms with E-state index in [1.54, 1.807) is 6.20 Å². The minimum atomic E-state index is -1.48. The first-order valence-electron chi connectivity index (χ1n) is 14.2. The number of hydrogen-bond donors (Lipinski definition) is 0. The molecule has 0 aliphatic heterocycles. The third-order valence-electron chi connectivity index (χ3n) is 7.78. The van der Waals surface area contributed by atoms with Crippen LogP contribution in [-0.4, -0.2) is 18.0 Å². The molecule has 0 atom stereocenters. The minimum absolute atomic E-state index is 0. The van der Waals surface area contributed by atoms with Gasteiger partial charge in [0.25, 0.3) is 0 Å². The minimum Gasteiger partial charge on any atom is -0.501 e. The smallest absolute Gasteiger partial charge is 0.120 e. The maximum absolute atomic E-state index is 6.35. The fourth-order valence-corrected chi connectivity index (χ4v) is 7.34. The van der Waals surface area contributed by atoms with Gasteiger partial charge >= 0.3 is 0 Å². The second-order valence-corrected chi connectivity index (χ2v) is 16.6. The van der Waals surface area contributed by atoms with E-state index in [2.05, 4.69) is 79.4 Å². The van der Waals surface area contributed by atoms with Crippen LogP contribution in [0, 0.1) is 12.1 Å². The second-order valence-electron chi connectivity index (χ2n) is 11.6. The van der Waals surface area contributed by atoms with Crippen LogP contribution in [0.1, 0.15) is 37.2 Å². The van der Waals surface area contributed by atoms with E-state index in [9.17, 15) is 0 Å². The number of rotatable bonds is 4. The quantitative estimate of drug-likeness (QED) is 0.134. The summed E-state index contributed by atoms with van der Waals surface area (Å²) >= 11 is 0. The van der Waals surface area contributed by atoms with E-state index in [-0.39, 0.29) is 20.1 Å². The molecule has 0 spiro atoms. The topological polar surface area (TPSA) is 38.9 Å². The summed E-state index contributed by atoms with van der Waals surface area (Å²) in [4.78, 5) is 9.02. The molecule has 3 heterocycles. The fourth-order valence-electron chi connectivity index (χ4n) is 5.73. The predicted molar refractivity (Wildman–Crippen MR) is 168 cm³/mol. The number of pyridine rings is 2. The Balaban J connectivity index is 0.000000218. The third-order valence-corrected chi connectivity index (χ3v) is 9.82. The van der Waals surface area contributed by atoms with E-state index < -0.39 is 8.07 Å². The van der Waals surface area contributed by atoms with Gasteiger partial charge in [-0.25, -0.2) is 0 Å². The Labute approximate surface area is 257 Å². The van der Waals surface area contributed by atoms with Crippen LogP contribution in [0.15, 0.2) is 102 Å². The first kappa shape index (κ1) is 29.1. The molecule has 0 saturated heterocycles. The molecule has 6 aromatic rings. The summed E-state index contributed by atoms with van der Waals surface area (Å²) in [5, 5.41) is 3.91. The Hall–Kier alpha value is -3.37. The summed E-state index contributed by atoms with van der Waals surface area (Å²) in [6.07, 6.45) is 9.14. The number of furan rings is 1. The Kier molecular flexibility index (Phi) is 8.99. The molecule has 1 aliphatic rings. The summed E-state index contributed by atoms with van der Waals surface area (Å²) in [6.45, 7) is 7.17. The van der Waals surface area contributed by atoms with Gasteiger partial charge in [-0.1, -0.05) is 85.0 Å². The van der Waals surface area contributed by atoms with Crippen molar-refractivity contribution in [3.8, 4) is 22.5 Å². The first-order valence-corrected chi connectivity index (χ1v) is 17.7. The van der Waals surface area contributed by atoms with E-state index in [0.29, 0.717) is 5.92 Å². The van der Waals surface area contributed by atoms with Gasteiger partial charge in [0.2, 0.25) is 0 Å². The zero-order chi connectivity index (χ0) is 27.5. The first-order chi connectivity index (χ1) is 19.5. The number of aromatic nitrogens is 2. The van der Waals surface area contributed by atoms with Gasteiger partial charge in [0, 0.05) is 37.9 Å². The SMILES string of the molecule is C[Si](C)(C)c1cccc2oc3c(-c4ccc(C5CCCC5)cn4)[c-]ccc3c12.[Ir].[c-]1ccccc1-c1ccccn1. The average Bonchev–Trinajstić information content (AvgIpc) is 3.67. The molecule has 7 rings (SSSR count). The molecule has 0 N–H and O–H groups in total. The summed E-state index contributed by atoms with van der Waals surface area (Å²) in [7, 11) is -1.48. The summed E-state index contributed by atoms with van der Waals surface area (Å²) in [6, 6.07) is 35.2. The molecule has 0 unspecified atom stereocenters. The largest absolute Gasteiger partial charge is 0.501 e. The van der Waals surface area contributed by atoms with Crippen molar-refractivity contribution in [2.45, 2.75) is 51.2 Å². The van der Waals surface area contributed by atoms with Gasteiger partial charge < -0.3 is 14.4 Å². The molecule has 1 saturated carbocycles. The van der Waals surface area contributed by atoms with Crippen molar-refractivity contribution in [2.24, 2.45) is 0 Å². The Morgan fingerprint density at radius 2 is 1.61 bits per heavy atom. The van der Waals surface area contributed by atoms with E-state index in [1.807, 2.05) is 48.5 Å². The Bertz CT molecular complexity index is 1680. The van der Waals surface area contributed by atoms with Crippen molar-refractivity contribution in [1.82, 2.24) is 9.97 Å². The normalized spacial score (nSPS) is 13.5. The van der Waals surface area contributed by atoms with Crippen molar-refractivity contribution in [2.75, 3.05) is 0 Å². The number of fused-ring (bicyclic) bond motifs is 3.